The maximum absolute atomic E-state index is 10.8. The Balaban J connectivity index is 1.90. The van der Waals surface area contributed by atoms with Crippen molar-refractivity contribution in [1.29, 1.82) is 0 Å². The van der Waals surface area contributed by atoms with E-state index >= 15 is 0 Å². The van der Waals surface area contributed by atoms with E-state index < -0.39 is 5.97 Å². The maximum atomic E-state index is 10.8. The molecule has 30 heavy (non-hydrogen) atoms. The molecule has 0 aliphatic carbocycles. The molecule has 0 amide bonds. The highest BCUT2D eigenvalue weighted by Gasteiger charge is 2.16. The predicted octanol–water partition coefficient (Wildman–Crippen LogP) is 6.10. The van der Waals surface area contributed by atoms with E-state index in [9.17, 15) is 4.79 Å². The SMILES string of the molecule is CCn1c(-c2ccccc2-c2ccc(C)cc2C)nc2cc(/C=C/C(=O)O)ccc21. The fourth-order valence-electron chi connectivity index (χ4n) is 3.97. The first-order valence-corrected chi connectivity index (χ1v) is 10.1. The van der Waals surface area contributed by atoms with E-state index in [1.54, 1.807) is 6.08 Å². The monoisotopic (exact) mass is 396 g/mol. The number of aliphatic carboxylic acids is 1. The van der Waals surface area contributed by atoms with Crippen LogP contribution < -0.4 is 0 Å². The normalized spacial score (nSPS) is 11.4. The molecule has 1 aromatic heterocycles. The molecule has 0 spiro atoms. The van der Waals surface area contributed by atoms with Gasteiger partial charge in [-0.1, -0.05) is 54.1 Å². The molecule has 4 aromatic rings. The molecule has 4 heteroatoms. The number of imidazole rings is 1. The summed E-state index contributed by atoms with van der Waals surface area (Å²) in [4.78, 5) is 15.8. The standard InChI is InChI=1S/C26H24N2O2/c1-4-28-24-13-10-19(11-14-25(29)30)16-23(24)27-26(28)22-8-6-5-7-21(22)20-12-9-17(2)15-18(20)3/h5-16H,4H2,1-3H3,(H,29,30)/b14-11+. The number of fused-ring (bicyclic) bond motifs is 1. The van der Waals surface area contributed by atoms with Gasteiger partial charge in [0.2, 0.25) is 0 Å². The van der Waals surface area contributed by atoms with Crippen LogP contribution in [-0.2, 0) is 11.3 Å². The zero-order chi connectivity index (χ0) is 21.3. The molecule has 0 fully saturated rings. The summed E-state index contributed by atoms with van der Waals surface area (Å²) in [5, 5.41) is 8.89. The third kappa shape index (κ3) is 3.64. The van der Waals surface area contributed by atoms with Gasteiger partial charge in [0.05, 0.1) is 11.0 Å². The van der Waals surface area contributed by atoms with Crippen LogP contribution in [-0.4, -0.2) is 20.6 Å². The minimum absolute atomic E-state index is 0.789. The van der Waals surface area contributed by atoms with Crippen molar-refractivity contribution in [1.82, 2.24) is 9.55 Å². The molecule has 0 aliphatic heterocycles. The Morgan fingerprint density at radius 2 is 1.77 bits per heavy atom. The van der Waals surface area contributed by atoms with Gasteiger partial charge < -0.3 is 9.67 Å². The summed E-state index contributed by atoms with van der Waals surface area (Å²) in [5.41, 5.74) is 8.65. The lowest BCUT2D eigenvalue weighted by Crippen LogP contribution is -1.99. The molecule has 0 unspecified atom stereocenters. The Hall–Kier alpha value is -3.66. The number of hydrogen-bond acceptors (Lipinski definition) is 2. The van der Waals surface area contributed by atoms with Gasteiger partial charge >= 0.3 is 5.97 Å². The van der Waals surface area contributed by atoms with Gasteiger partial charge in [0.1, 0.15) is 5.82 Å². The van der Waals surface area contributed by atoms with Crippen LogP contribution in [0.4, 0.5) is 0 Å². The number of rotatable bonds is 5. The molecule has 1 heterocycles. The molecule has 0 atom stereocenters. The number of carboxylic acids is 1. The van der Waals surface area contributed by atoms with Crippen LogP contribution >= 0.6 is 0 Å². The smallest absolute Gasteiger partial charge is 0.328 e. The van der Waals surface area contributed by atoms with Crippen molar-refractivity contribution in [3.05, 3.63) is 83.4 Å². The highest BCUT2D eigenvalue weighted by molar-refractivity contribution is 5.90. The average molecular weight is 396 g/mol. The Kier molecular flexibility index (Phi) is 5.23. The van der Waals surface area contributed by atoms with Gasteiger partial charge in [-0.2, -0.15) is 0 Å². The summed E-state index contributed by atoms with van der Waals surface area (Å²) in [6, 6.07) is 20.8. The Labute approximate surface area is 176 Å². The minimum Gasteiger partial charge on any atom is -0.478 e. The fraction of sp³-hybridized carbons (Fsp3) is 0.154. The number of aromatic nitrogens is 2. The number of benzene rings is 3. The predicted molar refractivity (Wildman–Crippen MR) is 122 cm³/mol. The third-order valence-corrected chi connectivity index (χ3v) is 5.35. The third-order valence-electron chi connectivity index (χ3n) is 5.35. The lowest BCUT2D eigenvalue weighted by molar-refractivity contribution is -0.131. The molecule has 4 nitrogen and oxygen atoms in total. The molecule has 0 bridgehead atoms. The zero-order valence-electron chi connectivity index (χ0n) is 17.4. The number of nitrogens with zero attached hydrogens (tertiary/aromatic N) is 2. The number of hydrogen-bond donors (Lipinski definition) is 1. The van der Waals surface area contributed by atoms with Crippen molar-refractivity contribution in [3.8, 4) is 22.5 Å². The summed E-state index contributed by atoms with van der Waals surface area (Å²) >= 11 is 0. The summed E-state index contributed by atoms with van der Waals surface area (Å²) in [6.45, 7) is 7.15. The zero-order valence-corrected chi connectivity index (χ0v) is 17.4. The second-order valence-corrected chi connectivity index (χ2v) is 7.46. The minimum atomic E-state index is -0.961. The highest BCUT2D eigenvalue weighted by Crippen LogP contribution is 2.35. The van der Waals surface area contributed by atoms with Crippen LogP contribution in [0.3, 0.4) is 0 Å². The first-order chi connectivity index (χ1) is 14.5. The van der Waals surface area contributed by atoms with Crippen molar-refractivity contribution in [3.63, 3.8) is 0 Å². The van der Waals surface area contributed by atoms with Crippen molar-refractivity contribution in [2.24, 2.45) is 0 Å². The number of carbonyl (C=O) groups is 1. The van der Waals surface area contributed by atoms with Gasteiger partial charge in [0, 0.05) is 18.2 Å². The highest BCUT2D eigenvalue weighted by atomic mass is 16.4. The van der Waals surface area contributed by atoms with Crippen LogP contribution in [0.25, 0.3) is 39.6 Å². The van der Waals surface area contributed by atoms with Gasteiger partial charge in [0.15, 0.2) is 0 Å². The van der Waals surface area contributed by atoms with Gasteiger partial charge in [-0.05, 0) is 61.2 Å². The molecule has 1 N–H and O–H groups in total. The largest absolute Gasteiger partial charge is 0.478 e. The van der Waals surface area contributed by atoms with Crippen molar-refractivity contribution >= 4 is 23.1 Å². The van der Waals surface area contributed by atoms with Crippen molar-refractivity contribution in [2.75, 3.05) is 0 Å². The molecule has 150 valence electrons. The van der Waals surface area contributed by atoms with Crippen molar-refractivity contribution < 1.29 is 9.90 Å². The van der Waals surface area contributed by atoms with Crippen LogP contribution in [0.2, 0.25) is 0 Å². The van der Waals surface area contributed by atoms with Crippen molar-refractivity contribution in [2.45, 2.75) is 27.3 Å². The van der Waals surface area contributed by atoms with E-state index in [-0.39, 0.29) is 0 Å². The summed E-state index contributed by atoms with van der Waals surface area (Å²) < 4.78 is 2.21. The van der Waals surface area contributed by atoms with E-state index in [0.717, 1.165) is 46.2 Å². The van der Waals surface area contributed by atoms with Gasteiger partial charge in [-0.15, -0.1) is 0 Å². The van der Waals surface area contributed by atoms with Gasteiger partial charge in [0.25, 0.3) is 0 Å². The molecule has 0 aliphatic rings. The second-order valence-electron chi connectivity index (χ2n) is 7.46. The fourth-order valence-corrected chi connectivity index (χ4v) is 3.97. The molecule has 0 radical (unpaired) electrons. The topological polar surface area (TPSA) is 55.1 Å². The van der Waals surface area contributed by atoms with Crippen LogP contribution in [0.5, 0.6) is 0 Å². The van der Waals surface area contributed by atoms with Gasteiger partial charge in [-0.25, -0.2) is 9.78 Å². The van der Waals surface area contributed by atoms with E-state index in [1.807, 2.05) is 24.3 Å². The maximum Gasteiger partial charge on any atom is 0.328 e. The van der Waals surface area contributed by atoms with E-state index in [2.05, 4.69) is 61.7 Å². The first-order valence-electron chi connectivity index (χ1n) is 10.1. The quantitative estimate of drug-likeness (QED) is 0.414. The lowest BCUT2D eigenvalue weighted by Gasteiger charge is -2.14. The number of carboxylic acid groups (broad SMARTS) is 1. The van der Waals surface area contributed by atoms with E-state index in [0.29, 0.717) is 0 Å². The van der Waals surface area contributed by atoms with E-state index in [4.69, 9.17) is 10.1 Å². The summed E-state index contributed by atoms with van der Waals surface area (Å²) in [5.74, 6) is -0.0419. The Bertz CT molecular complexity index is 1280. The molecule has 0 saturated heterocycles. The first kappa shape index (κ1) is 19.6. The lowest BCUT2D eigenvalue weighted by atomic mass is 9.94. The van der Waals surface area contributed by atoms with Crippen LogP contribution in [0.15, 0.2) is 66.7 Å². The number of aryl methyl sites for hydroxylation is 3. The molecule has 4 rings (SSSR count). The van der Waals surface area contributed by atoms with E-state index in [1.165, 1.54) is 16.7 Å². The van der Waals surface area contributed by atoms with Crippen LogP contribution in [0.1, 0.15) is 23.6 Å². The second kappa shape index (κ2) is 7.99. The Morgan fingerprint density at radius 1 is 1.00 bits per heavy atom. The Morgan fingerprint density at radius 3 is 2.47 bits per heavy atom. The van der Waals surface area contributed by atoms with Gasteiger partial charge in [-0.3, -0.25) is 0 Å². The summed E-state index contributed by atoms with van der Waals surface area (Å²) in [6.07, 6.45) is 2.74. The summed E-state index contributed by atoms with van der Waals surface area (Å²) in [7, 11) is 0. The molecule has 0 saturated carbocycles. The van der Waals surface area contributed by atoms with Crippen LogP contribution in [0, 0.1) is 13.8 Å². The molecular formula is C26H24N2O2. The molecular weight excluding hydrogens is 372 g/mol. The molecule has 3 aromatic carbocycles. The average Bonchev–Trinajstić information content (AvgIpc) is 3.10.